The summed E-state index contributed by atoms with van der Waals surface area (Å²) in [5.41, 5.74) is 0.547. The van der Waals surface area contributed by atoms with Gasteiger partial charge in [0.2, 0.25) is 5.78 Å². The minimum Gasteiger partial charge on any atom is -0.508 e. The fourth-order valence-electron chi connectivity index (χ4n) is 6.06. The number of esters is 1. The molecule has 2 N–H and O–H groups in total. The van der Waals surface area contributed by atoms with Gasteiger partial charge in [-0.25, -0.2) is 0 Å². The monoisotopic (exact) mass is 396 g/mol. The lowest BCUT2D eigenvalue weighted by molar-refractivity contribution is -0.188. The van der Waals surface area contributed by atoms with E-state index in [0.717, 1.165) is 23.6 Å². The van der Waals surface area contributed by atoms with Crippen molar-refractivity contribution >= 4 is 22.5 Å². The van der Waals surface area contributed by atoms with Gasteiger partial charge in [0.1, 0.15) is 12.4 Å². The van der Waals surface area contributed by atoms with Gasteiger partial charge in [0.15, 0.2) is 5.60 Å². The molecule has 0 spiro atoms. The third-order valence-corrected chi connectivity index (χ3v) is 7.44. The molecule has 1 saturated carbocycles. The fourth-order valence-corrected chi connectivity index (χ4v) is 6.06. The van der Waals surface area contributed by atoms with E-state index in [1.54, 1.807) is 19.1 Å². The Hall–Kier alpha value is -2.40. The largest absolute Gasteiger partial charge is 0.508 e. The first kappa shape index (κ1) is 19.9. The standard InChI is InChI=1S/C24H28O5/c1-4-22(28)29-24(21(27)13-25)14(2)11-20-19-7-5-15-12-16(26)6-8-17(15)18(19)9-10-23(20,24)3/h5-8,12,14,20,25-26H,4,9-11,13H2,1-3H3/t14-,20+,23+,24-/m1/s1. The van der Waals surface area contributed by atoms with Crippen LogP contribution < -0.4 is 0 Å². The van der Waals surface area contributed by atoms with Crippen LogP contribution in [0.25, 0.3) is 10.8 Å². The van der Waals surface area contributed by atoms with E-state index in [-0.39, 0.29) is 24.0 Å². The first-order valence-corrected chi connectivity index (χ1v) is 10.4. The molecular formula is C24H28O5. The maximum absolute atomic E-state index is 13.1. The summed E-state index contributed by atoms with van der Waals surface area (Å²) in [5.74, 6) is -0.688. The molecule has 2 aromatic carbocycles. The van der Waals surface area contributed by atoms with E-state index in [9.17, 15) is 19.8 Å². The number of aryl methyl sites for hydroxylation is 1. The van der Waals surface area contributed by atoms with Gasteiger partial charge in [-0.05, 0) is 59.2 Å². The highest BCUT2D eigenvalue weighted by Gasteiger charge is 2.68. The van der Waals surface area contributed by atoms with Crippen molar-refractivity contribution in [2.24, 2.45) is 11.3 Å². The van der Waals surface area contributed by atoms with Crippen LogP contribution in [0.4, 0.5) is 0 Å². The van der Waals surface area contributed by atoms with Gasteiger partial charge < -0.3 is 14.9 Å². The number of phenols is 1. The summed E-state index contributed by atoms with van der Waals surface area (Å²) < 4.78 is 5.92. The summed E-state index contributed by atoms with van der Waals surface area (Å²) in [5, 5.41) is 21.7. The zero-order valence-electron chi connectivity index (χ0n) is 17.2. The Bertz CT molecular complexity index is 996. The second-order valence-electron chi connectivity index (χ2n) is 8.79. The van der Waals surface area contributed by atoms with Crippen molar-refractivity contribution in [3.05, 3.63) is 41.5 Å². The highest BCUT2D eigenvalue weighted by Crippen LogP contribution is 2.64. The van der Waals surface area contributed by atoms with Crippen LogP contribution in [0.2, 0.25) is 0 Å². The SMILES string of the molecule is CCC(=O)O[C@@]1(C(=O)CO)[C@H](C)C[C@H]2c3ccc4cc(O)ccc4c3CC[C@@]21C. The van der Waals surface area contributed by atoms with Gasteiger partial charge in [0.25, 0.3) is 0 Å². The number of carbonyl (C=O) groups excluding carboxylic acids is 2. The second kappa shape index (κ2) is 6.84. The number of benzene rings is 2. The van der Waals surface area contributed by atoms with Crippen LogP contribution in [-0.4, -0.2) is 34.2 Å². The number of aliphatic hydroxyl groups is 1. The Labute approximate surface area is 170 Å². The van der Waals surface area contributed by atoms with E-state index >= 15 is 0 Å². The predicted octanol–water partition coefficient (Wildman–Crippen LogP) is 3.87. The Morgan fingerprint density at radius 1 is 1.24 bits per heavy atom. The molecule has 0 heterocycles. The van der Waals surface area contributed by atoms with Crippen LogP contribution in [0, 0.1) is 11.3 Å². The Morgan fingerprint density at radius 2 is 2.00 bits per heavy atom. The summed E-state index contributed by atoms with van der Waals surface area (Å²) in [6.07, 6.45) is 2.35. The zero-order valence-corrected chi connectivity index (χ0v) is 17.2. The number of fused-ring (bicyclic) bond motifs is 5. The maximum Gasteiger partial charge on any atom is 0.306 e. The molecule has 5 nitrogen and oxygen atoms in total. The number of phenolic OH excluding ortho intramolecular Hbond substituents is 1. The number of rotatable bonds is 4. The molecular weight excluding hydrogens is 368 g/mol. The lowest BCUT2D eigenvalue weighted by Gasteiger charge is -2.48. The highest BCUT2D eigenvalue weighted by atomic mass is 16.6. The van der Waals surface area contributed by atoms with Crippen molar-refractivity contribution in [3.8, 4) is 5.75 Å². The molecule has 0 aliphatic heterocycles. The molecule has 0 aromatic heterocycles. The summed E-state index contributed by atoms with van der Waals surface area (Å²) in [7, 11) is 0. The number of ketones is 1. The minimum absolute atomic E-state index is 0.0552. The van der Waals surface area contributed by atoms with Crippen molar-refractivity contribution < 1.29 is 24.5 Å². The lowest BCUT2D eigenvalue weighted by atomic mass is 9.59. The smallest absolute Gasteiger partial charge is 0.306 e. The van der Waals surface area contributed by atoms with Crippen LogP contribution in [0.15, 0.2) is 30.3 Å². The third-order valence-electron chi connectivity index (χ3n) is 7.44. The van der Waals surface area contributed by atoms with Crippen molar-refractivity contribution in [3.63, 3.8) is 0 Å². The van der Waals surface area contributed by atoms with Crippen LogP contribution in [0.5, 0.6) is 5.75 Å². The van der Waals surface area contributed by atoms with E-state index in [1.807, 2.05) is 26.0 Å². The number of carbonyl (C=O) groups is 2. The second-order valence-corrected chi connectivity index (χ2v) is 8.79. The van der Waals surface area contributed by atoms with Crippen LogP contribution in [0.3, 0.4) is 0 Å². The molecule has 2 aromatic rings. The Morgan fingerprint density at radius 3 is 2.69 bits per heavy atom. The molecule has 0 saturated heterocycles. The van der Waals surface area contributed by atoms with Crippen LogP contribution in [-0.2, 0) is 20.7 Å². The topological polar surface area (TPSA) is 83.8 Å². The molecule has 29 heavy (non-hydrogen) atoms. The first-order valence-electron chi connectivity index (χ1n) is 10.4. The Kier molecular flexibility index (Phi) is 4.69. The molecule has 154 valence electrons. The molecule has 4 rings (SSSR count). The quantitative estimate of drug-likeness (QED) is 0.767. The summed E-state index contributed by atoms with van der Waals surface area (Å²) in [4.78, 5) is 25.4. The molecule has 0 bridgehead atoms. The zero-order chi connectivity index (χ0) is 21.0. The average Bonchev–Trinajstić information content (AvgIpc) is 2.94. The molecule has 2 aliphatic rings. The van der Waals surface area contributed by atoms with Gasteiger partial charge in [0, 0.05) is 17.8 Å². The fraction of sp³-hybridized carbons (Fsp3) is 0.500. The first-order chi connectivity index (χ1) is 13.8. The number of aliphatic hydroxyl groups excluding tert-OH is 1. The highest BCUT2D eigenvalue weighted by molar-refractivity contribution is 5.93. The normalized spacial score (nSPS) is 30.6. The number of Topliss-reactive ketones (excluding diaryl/α,β-unsaturated/α-hetero) is 1. The summed E-state index contributed by atoms with van der Waals surface area (Å²) >= 11 is 0. The van der Waals surface area contributed by atoms with E-state index in [4.69, 9.17) is 4.74 Å². The molecule has 5 heteroatoms. The van der Waals surface area contributed by atoms with Crippen molar-refractivity contribution in [2.75, 3.05) is 6.61 Å². The maximum atomic E-state index is 13.1. The predicted molar refractivity (Wildman–Crippen MR) is 110 cm³/mol. The Balaban J connectivity index is 1.88. The molecule has 0 amide bonds. The molecule has 0 unspecified atom stereocenters. The molecule has 2 aliphatic carbocycles. The molecule has 4 atom stereocenters. The van der Waals surface area contributed by atoms with Gasteiger partial charge in [-0.15, -0.1) is 0 Å². The van der Waals surface area contributed by atoms with E-state index in [2.05, 4.69) is 6.07 Å². The van der Waals surface area contributed by atoms with E-state index < -0.39 is 29.4 Å². The van der Waals surface area contributed by atoms with Crippen LogP contribution in [0.1, 0.15) is 57.1 Å². The summed E-state index contributed by atoms with van der Waals surface area (Å²) in [6, 6.07) is 9.52. The van der Waals surface area contributed by atoms with Crippen molar-refractivity contribution in [2.45, 2.75) is 58.0 Å². The van der Waals surface area contributed by atoms with Crippen LogP contribution >= 0.6 is 0 Å². The lowest BCUT2D eigenvalue weighted by Crippen LogP contribution is -2.58. The van der Waals surface area contributed by atoms with Gasteiger partial charge in [0.05, 0.1) is 0 Å². The molecule has 0 radical (unpaired) electrons. The number of hydrogen-bond acceptors (Lipinski definition) is 5. The van der Waals surface area contributed by atoms with Crippen molar-refractivity contribution in [1.29, 1.82) is 0 Å². The minimum atomic E-state index is -1.30. The van der Waals surface area contributed by atoms with Gasteiger partial charge in [-0.2, -0.15) is 0 Å². The van der Waals surface area contributed by atoms with Gasteiger partial charge in [-0.1, -0.05) is 39.0 Å². The number of ether oxygens (including phenoxy) is 1. The summed E-state index contributed by atoms with van der Waals surface area (Å²) in [6.45, 7) is 5.09. The number of hydrogen-bond donors (Lipinski definition) is 2. The number of aromatic hydroxyl groups is 1. The van der Waals surface area contributed by atoms with Gasteiger partial charge >= 0.3 is 5.97 Å². The average molecular weight is 396 g/mol. The van der Waals surface area contributed by atoms with E-state index in [1.165, 1.54) is 11.1 Å². The van der Waals surface area contributed by atoms with Gasteiger partial charge in [-0.3, -0.25) is 9.59 Å². The van der Waals surface area contributed by atoms with Crippen molar-refractivity contribution in [1.82, 2.24) is 0 Å². The third kappa shape index (κ3) is 2.63. The van der Waals surface area contributed by atoms with E-state index in [0.29, 0.717) is 6.42 Å². The molecule has 1 fully saturated rings.